The lowest BCUT2D eigenvalue weighted by Crippen LogP contribution is -2.21. The van der Waals surface area contributed by atoms with Gasteiger partial charge in [-0.1, -0.05) is 24.3 Å². The van der Waals surface area contributed by atoms with E-state index in [0.717, 1.165) is 22.6 Å². The van der Waals surface area contributed by atoms with E-state index in [4.69, 9.17) is 18.9 Å². The van der Waals surface area contributed by atoms with Crippen LogP contribution in [0.4, 0.5) is 0 Å². The number of hydrogen-bond acceptors (Lipinski definition) is 6. The van der Waals surface area contributed by atoms with Crippen molar-refractivity contribution in [1.82, 2.24) is 0 Å². The number of hydrogen-bond donors (Lipinski definition) is 2. The Bertz CT molecular complexity index is 905. The molecule has 8 heteroatoms. The highest BCUT2D eigenvalue weighted by Crippen LogP contribution is 2.37. The van der Waals surface area contributed by atoms with Crippen LogP contribution in [-0.2, 0) is 9.47 Å². The maximum atomic E-state index is 10.8. The molecule has 2 aromatic carbocycles. The Morgan fingerprint density at radius 1 is 0.788 bits per heavy atom. The minimum Gasteiger partial charge on any atom is -0.497 e. The van der Waals surface area contributed by atoms with Crippen LogP contribution in [0.2, 0.25) is 0 Å². The van der Waals surface area contributed by atoms with Gasteiger partial charge in [0.1, 0.15) is 35.9 Å². The molecule has 0 spiro atoms. The molecule has 1 saturated heterocycles. The molecule has 178 valence electrons. The van der Waals surface area contributed by atoms with Crippen molar-refractivity contribution >= 4 is 45.2 Å². The van der Waals surface area contributed by atoms with Gasteiger partial charge in [-0.05, 0) is 107 Å². The Morgan fingerprint density at radius 2 is 1.12 bits per heavy atom. The highest BCUT2D eigenvalue weighted by atomic mass is 127. The van der Waals surface area contributed by atoms with Crippen LogP contribution in [-0.4, -0.2) is 42.4 Å². The molecule has 2 unspecified atom stereocenters. The fourth-order valence-electron chi connectivity index (χ4n) is 3.46. The highest BCUT2D eigenvalue weighted by molar-refractivity contribution is 14.1. The second kappa shape index (κ2) is 11.5. The predicted octanol–water partition coefficient (Wildman–Crippen LogP) is 5.63. The van der Waals surface area contributed by atoms with Crippen molar-refractivity contribution in [2.45, 2.75) is 44.1 Å². The van der Waals surface area contributed by atoms with Crippen molar-refractivity contribution in [1.29, 1.82) is 0 Å². The van der Waals surface area contributed by atoms with Crippen molar-refractivity contribution in [3.05, 3.63) is 79.0 Å². The molecule has 0 radical (unpaired) electrons. The normalized spacial score (nSPS) is 22.7. The molecule has 0 amide bonds. The second-order valence-corrected chi connectivity index (χ2v) is 10.5. The topological polar surface area (TPSA) is 77.4 Å². The number of methoxy groups -OCH3 is 2. The first-order valence-corrected chi connectivity index (χ1v) is 12.5. The fraction of sp³-hybridized carbons (Fsp3) is 0.360. The molecule has 2 aromatic rings. The largest absolute Gasteiger partial charge is 0.497 e. The Kier molecular flexibility index (Phi) is 9.21. The minimum absolute atomic E-state index is 0.423. The molecule has 33 heavy (non-hydrogen) atoms. The van der Waals surface area contributed by atoms with Gasteiger partial charge < -0.3 is 29.2 Å². The maximum Gasteiger partial charge on any atom is 0.164 e. The van der Waals surface area contributed by atoms with E-state index in [9.17, 15) is 10.2 Å². The molecular formula is C25H28I2O6. The molecule has 1 aliphatic heterocycles. The molecule has 1 aliphatic rings. The summed E-state index contributed by atoms with van der Waals surface area (Å²) in [5.74, 6) is 0.663. The van der Waals surface area contributed by atoms with Gasteiger partial charge >= 0.3 is 0 Å². The van der Waals surface area contributed by atoms with E-state index >= 15 is 0 Å². The molecule has 0 bridgehead atoms. The lowest BCUT2D eigenvalue weighted by atomic mass is 10.1. The number of halogens is 2. The molecule has 2 N–H and O–H groups in total. The molecule has 4 atom stereocenters. The van der Waals surface area contributed by atoms with Gasteiger partial charge in [0.15, 0.2) is 5.79 Å². The first-order chi connectivity index (χ1) is 15.6. The third kappa shape index (κ3) is 6.92. The SMILES string of the molecule is COc1ccc(C(O)/C(I)=C\[C@H]2OC(C)(C)O[C@@H]2/C=C(/I)C(O)c2ccc(OC)cc2)cc1. The molecule has 0 aromatic heterocycles. The molecule has 0 saturated carbocycles. The summed E-state index contributed by atoms with van der Waals surface area (Å²) in [5.41, 5.74) is 1.51. The molecule has 6 nitrogen and oxygen atoms in total. The van der Waals surface area contributed by atoms with Crippen LogP contribution in [0, 0.1) is 0 Å². The van der Waals surface area contributed by atoms with E-state index in [1.54, 1.807) is 14.2 Å². The van der Waals surface area contributed by atoms with Gasteiger partial charge in [-0.25, -0.2) is 0 Å². The lowest BCUT2D eigenvalue weighted by Gasteiger charge is -2.17. The van der Waals surface area contributed by atoms with Crippen molar-refractivity contribution < 1.29 is 29.2 Å². The zero-order valence-corrected chi connectivity index (χ0v) is 23.2. The smallest absolute Gasteiger partial charge is 0.164 e. The monoisotopic (exact) mass is 678 g/mol. The number of ether oxygens (including phenoxy) is 4. The van der Waals surface area contributed by atoms with Gasteiger partial charge in [0, 0.05) is 7.16 Å². The fourth-order valence-corrected chi connectivity index (χ4v) is 4.89. The van der Waals surface area contributed by atoms with Crippen molar-refractivity contribution in [2.24, 2.45) is 0 Å². The Balaban J connectivity index is 1.79. The lowest BCUT2D eigenvalue weighted by molar-refractivity contribution is -0.139. The van der Waals surface area contributed by atoms with Gasteiger partial charge in [-0.3, -0.25) is 0 Å². The summed E-state index contributed by atoms with van der Waals surface area (Å²) in [4.78, 5) is 0. The minimum atomic E-state index is -0.799. The summed E-state index contributed by atoms with van der Waals surface area (Å²) < 4.78 is 24.0. The third-order valence-electron chi connectivity index (χ3n) is 5.20. The summed E-state index contributed by atoms with van der Waals surface area (Å²) in [5, 5.41) is 21.6. The van der Waals surface area contributed by atoms with Crippen LogP contribution in [0.1, 0.15) is 37.2 Å². The summed E-state index contributed by atoms with van der Waals surface area (Å²) >= 11 is 4.25. The zero-order valence-electron chi connectivity index (χ0n) is 18.9. The average Bonchev–Trinajstić information content (AvgIpc) is 3.10. The van der Waals surface area contributed by atoms with Gasteiger partial charge in [-0.2, -0.15) is 0 Å². The predicted molar refractivity (Wildman–Crippen MR) is 144 cm³/mol. The highest BCUT2D eigenvalue weighted by Gasteiger charge is 2.40. The van der Waals surface area contributed by atoms with Gasteiger partial charge in [-0.15, -0.1) is 0 Å². The van der Waals surface area contributed by atoms with Gasteiger partial charge in [0.25, 0.3) is 0 Å². The first-order valence-electron chi connectivity index (χ1n) is 10.4. The van der Waals surface area contributed by atoms with Crippen LogP contribution in [0.15, 0.2) is 67.8 Å². The number of aliphatic hydroxyl groups excluding tert-OH is 2. The number of rotatable bonds is 8. The van der Waals surface area contributed by atoms with E-state index < -0.39 is 30.2 Å². The van der Waals surface area contributed by atoms with Gasteiger partial charge in [0.05, 0.1) is 14.2 Å². The van der Waals surface area contributed by atoms with Crippen molar-refractivity contribution in [3.63, 3.8) is 0 Å². The standard InChI is InChI=1S/C25H28I2O6/c1-25(2)32-21(13-19(26)23(28)15-5-9-17(30-3)10-6-15)22(33-25)14-20(27)24(29)16-7-11-18(31-4)12-8-16/h5-14,21-24,28-29H,1-4H3/b19-13+,20-14+/t21-,22-,23?,24?/m1/s1. The second-order valence-electron chi connectivity index (χ2n) is 8.02. The Labute approximate surface area is 221 Å². The first kappa shape index (κ1) is 26.4. The molecular weight excluding hydrogens is 650 g/mol. The van der Waals surface area contributed by atoms with Crippen molar-refractivity contribution in [2.75, 3.05) is 14.2 Å². The number of benzene rings is 2. The van der Waals surface area contributed by atoms with Crippen LogP contribution in [0.3, 0.4) is 0 Å². The average molecular weight is 678 g/mol. The quantitative estimate of drug-likeness (QED) is 0.353. The van der Waals surface area contributed by atoms with Crippen LogP contribution < -0.4 is 9.47 Å². The van der Waals surface area contributed by atoms with E-state index in [-0.39, 0.29) is 0 Å². The van der Waals surface area contributed by atoms with E-state index in [2.05, 4.69) is 45.2 Å². The summed E-state index contributed by atoms with van der Waals surface area (Å²) in [6.07, 6.45) is 1.31. The van der Waals surface area contributed by atoms with Crippen molar-refractivity contribution in [3.8, 4) is 11.5 Å². The summed E-state index contributed by atoms with van der Waals surface area (Å²) in [7, 11) is 3.21. The molecule has 0 aliphatic carbocycles. The summed E-state index contributed by atoms with van der Waals surface area (Å²) in [6, 6.07) is 14.6. The van der Waals surface area contributed by atoms with E-state index in [1.165, 1.54) is 0 Å². The zero-order chi connectivity index (χ0) is 24.2. The molecule has 1 heterocycles. The summed E-state index contributed by atoms with van der Waals surface area (Å²) in [6.45, 7) is 3.70. The third-order valence-corrected chi connectivity index (χ3v) is 7.10. The van der Waals surface area contributed by atoms with Crippen LogP contribution >= 0.6 is 45.2 Å². The van der Waals surface area contributed by atoms with E-state index in [1.807, 2.05) is 74.5 Å². The van der Waals surface area contributed by atoms with Crippen LogP contribution in [0.25, 0.3) is 0 Å². The Hall–Kier alpha value is -1.18. The maximum absolute atomic E-state index is 10.8. The number of aliphatic hydroxyl groups is 2. The Morgan fingerprint density at radius 3 is 1.42 bits per heavy atom. The van der Waals surface area contributed by atoms with E-state index in [0.29, 0.717) is 7.16 Å². The van der Waals surface area contributed by atoms with Crippen LogP contribution in [0.5, 0.6) is 11.5 Å². The molecule has 1 fully saturated rings. The molecule has 3 rings (SSSR count). The van der Waals surface area contributed by atoms with Gasteiger partial charge in [0.2, 0.25) is 0 Å².